The zero-order valence-corrected chi connectivity index (χ0v) is 15.8. The average molecular weight is 407 g/mol. The van der Waals surface area contributed by atoms with E-state index in [0.29, 0.717) is 32.8 Å². The lowest BCUT2D eigenvalue weighted by molar-refractivity contribution is -0.144. The minimum Gasteiger partial charge on any atom is -0.495 e. The molecule has 3 aromatic rings. The van der Waals surface area contributed by atoms with Gasteiger partial charge in [-0.25, -0.2) is 4.98 Å². The summed E-state index contributed by atoms with van der Waals surface area (Å²) in [4.78, 5) is 27.9. The summed E-state index contributed by atoms with van der Waals surface area (Å²) < 4.78 is 15.5. The molecule has 3 rings (SSSR count). The number of rotatable bonds is 7. The minimum atomic E-state index is -0.551. The second-order valence-electron chi connectivity index (χ2n) is 5.29. The monoisotopic (exact) mass is 406 g/mol. The van der Waals surface area contributed by atoms with Crippen LogP contribution in [0.3, 0.4) is 0 Å². The van der Waals surface area contributed by atoms with E-state index in [2.05, 4.69) is 10.3 Å². The molecular formula is C18H15ClN2O5S. The number of ether oxygens (including phenoxy) is 2. The topological polar surface area (TPSA) is 90.7 Å². The molecule has 0 unspecified atom stereocenters. The number of nitrogens with one attached hydrogen (secondary N) is 1. The number of carbonyl (C=O) groups excluding carboxylic acids is 2. The van der Waals surface area contributed by atoms with Crippen LogP contribution in [0.4, 0.5) is 5.69 Å². The Morgan fingerprint density at radius 1 is 1.26 bits per heavy atom. The van der Waals surface area contributed by atoms with Crippen molar-refractivity contribution in [3.8, 4) is 5.75 Å². The molecule has 140 valence electrons. The van der Waals surface area contributed by atoms with Gasteiger partial charge in [-0.2, -0.15) is 0 Å². The molecule has 1 N–H and O–H groups in total. The number of nitrogens with zero attached hydrogens (tertiary/aromatic N) is 1. The van der Waals surface area contributed by atoms with Crippen molar-refractivity contribution in [1.29, 1.82) is 0 Å². The molecule has 0 aliphatic carbocycles. The number of carbonyl (C=O) groups is 2. The molecule has 0 aliphatic rings. The third-order valence-corrected chi connectivity index (χ3v) is 4.48. The highest BCUT2D eigenvalue weighted by Gasteiger charge is 2.12. The first-order valence-corrected chi connectivity index (χ1v) is 9.19. The summed E-state index contributed by atoms with van der Waals surface area (Å²) in [6, 6.07) is 12.1. The lowest BCUT2D eigenvalue weighted by Gasteiger charge is -2.08. The average Bonchev–Trinajstić information content (AvgIpc) is 3.08. The SMILES string of the molecule is COc1ccc(NC(=O)COC(=O)CSc2nc3ccccc3o2)cc1Cl. The van der Waals surface area contributed by atoms with Gasteiger partial charge in [0.1, 0.15) is 17.0 Å². The Bertz CT molecular complexity index is 942. The maximum Gasteiger partial charge on any atom is 0.316 e. The van der Waals surface area contributed by atoms with Gasteiger partial charge in [-0.15, -0.1) is 0 Å². The number of esters is 1. The van der Waals surface area contributed by atoms with Crippen molar-refractivity contribution in [2.75, 3.05) is 24.8 Å². The van der Waals surface area contributed by atoms with Gasteiger partial charge in [0.15, 0.2) is 12.2 Å². The Balaban J connectivity index is 1.44. The molecule has 1 amide bonds. The molecule has 1 heterocycles. The van der Waals surface area contributed by atoms with E-state index >= 15 is 0 Å². The van der Waals surface area contributed by atoms with Gasteiger partial charge in [0, 0.05) is 5.69 Å². The largest absolute Gasteiger partial charge is 0.495 e. The highest BCUT2D eigenvalue weighted by atomic mass is 35.5. The van der Waals surface area contributed by atoms with Crippen molar-refractivity contribution in [2.45, 2.75) is 5.22 Å². The Hall–Kier alpha value is -2.71. The number of hydrogen-bond acceptors (Lipinski definition) is 7. The number of benzene rings is 2. The van der Waals surface area contributed by atoms with Gasteiger partial charge in [-0.3, -0.25) is 9.59 Å². The van der Waals surface area contributed by atoms with Gasteiger partial charge in [-0.05, 0) is 30.3 Å². The normalized spacial score (nSPS) is 10.6. The number of methoxy groups -OCH3 is 1. The summed E-state index contributed by atoms with van der Waals surface area (Å²) in [7, 11) is 1.50. The zero-order chi connectivity index (χ0) is 19.2. The van der Waals surface area contributed by atoms with E-state index < -0.39 is 18.5 Å². The van der Waals surface area contributed by atoms with Crippen molar-refractivity contribution in [3.05, 3.63) is 47.5 Å². The molecule has 0 bridgehead atoms. The zero-order valence-electron chi connectivity index (χ0n) is 14.2. The van der Waals surface area contributed by atoms with E-state index in [1.54, 1.807) is 24.3 Å². The number of para-hydroxylation sites is 2. The predicted octanol–water partition coefficient (Wildman–Crippen LogP) is 3.76. The van der Waals surface area contributed by atoms with Gasteiger partial charge in [0.2, 0.25) is 0 Å². The fraction of sp³-hybridized carbons (Fsp3) is 0.167. The van der Waals surface area contributed by atoms with Crippen LogP contribution in [-0.4, -0.2) is 36.3 Å². The molecule has 0 saturated carbocycles. The van der Waals surface area contributed by atoms with Gasteiger partial charge in [-0.1, -0.05) is 35.5 Å². The molecule has 2 aromatic carbocycles. The van der Waals surface area contributed by atoms with E-state index in [0.717, 1.165) is 11.8 Å². The molecule has 7 nitrogen and oxygen atoms in total. The summed E-state index contributed by atoms with van der Waals surface area (Å²) in [6.07, 6.45) is 0. The van der Waals surface area contributed by atoms with Crippen molar-refractivity contribution < 1.29 is 23.5 Å². The first-order valence-electron chi connectivity index (χ1n) is 7.82. The first kappa shape index (κ1) is 19.1. The van der Waals surface area contributed by atoms with Gasteiger partial charge >= 0.3 is 5.97 Å². The second kappa shape index (κ2) is 8.79. The standard InChI is InChI=1S/C18H15ClN2O5S/c1-24-14-7-6-11(8-12(14)19)20-16(22)9-25-17(23)10-27-18-21-13-4-2-3-5-15(13)26-18/h2-8H,9-10H2,1H3,(H,20,22). The minimum absolute atomic E-state index is 0.0194. The number of oxazole rings is 1. The van der Waals surface area contributed by atoms with Crippen molar-refractivity contribution in [2.24, 2.45) is 0 Å². The maximum absolute atomic E-state index is 11.9. The van der Waals surface area contributed by atoms with Crippen LogP contribution in [0.15, 0.2) is 52.1 Å². The molecule has 0 fully saturated rings. The third-order valence-electron chi connectivity index (χ3n) is 3.39. The molecule has 0 saturated heterocycles. The van der Waals surface area contributed by atoms with Crippen LogP contribution in [0.1, 0.15) is 0 Å². The van der Waals surface area contributed by atoms with E-state index in [4.69, 9.17) is 25.5 Å². The fourth-order valence-corrected chi connectivity index (χ4v) is 3.06. The highest BCUT2D eigenvalue weighted by molar-refractivity contribution is 7.99. The Morgan fingerprint density at radius 3 is 2.81 bits per heavy atom. The van der Waals surface area contributed by atoms with Crippen molar-refractivity contribution >= 4 is 52.0 Å². The first-order chi connectivity index (χ1) is 13.0. The van der Waals surface area contributed by atoms with E-state index in [1.807, 2.05) is 18.2 Å². The highest BCUT2D eigenvalue weighted by Crippen LogP contribution is 2.27. The maximum atomic E-state index is 11.9. The number of halogens is 1. The summed E-state index contributed by atoms with van der Waals surface area (Å²) in [5.41, 5.74) is 1.83. The summed E-state index contributed by atoms with van der Waals surface area (Å²) >= 11 is 7.09. The Morgan fingerprint density at radius 2 is 2.07 bits per heavy atom. The van der Waals surface area contributed by atoms with E-state index in [1.165, 1.54) is 7.11 Å². The fourth-order valence-electron chi connectivity index (χ4n) is 2.16. The number of hydrogen-bond donors (Lipinski definition) is 1. The number of anilines is 1. The van der Waals surface area contributed by atoms with Crippen LogP contribution < -0.4 is 10.1 Å². The number of fused-ring (bicyclic) bond motifs is 1. The molecule has 0 aliphatic heterocycles. The molecular weight excluding hydrogens is 392 g/mol. The van der Waals surface area contributed by atoms with E-state index in [-0.39, 0.29) is 5.75 Å². The lowest BCUT2D eigenvalue weighted by atomic mass is 10.3. The number of thioether (sulfide) groups is 1. The second-order valence-corrected chi connectivity index (χ2v) is 6.63. The third kappa shape index (κ3) is 5.15. The van der Waals surface area contributed by atoms with Crippen LogP contribution in [0, 0.1) is 0 Å². The van der Waals surface area contributed by atoms with Crippen LogP contribution in [0.25, 0.3) is 11.1 Å². The molecule has 1 aromatic heterocycles. The van der Waals surface area contributed by atoms with Crippen molar-refractivity contribution in [3.63, 3.8) is 0 Å². The Kier molecular flexibility index (Phi) is 6.20. The van der Waals surface area contributed by atoms with Gasteiger partial charge < -0.3 is 19.2 Å². The lowest BCUT2D eigenvalue weighted by Crippen LogP contribution is -2.21. The smallest absolute Gasteiger partial charge is 0.316 e. The van der Waals surface area contributed by atoms with Crippen LogP contribution in [0.5, 0.6) is 5.75 Å². The summed E-state index contributed by atoms with van der Waals surface area (Å²) in [5.74, 6) is -0.548. The van der Waals surface area contributed by atoms with Crippen LogP contribution >= 0.6 is 23.4 Å². The molecule has 0 atom stereocenters. The Labute approximate surface area is 164 Å². The van der Waals surface area contributed by atoms with Crippen LogP contribution in [0.2, 0.25) is 5.02 Å². The number of amides is 1. The molecule has 27 heavy (non-hydrogen) atoms. The van der Waals surface area contributed by atoms with E-state index in [9.17, 15) is 9.59 Å². The molecule has 0 spiro atoms. The predicted molar refractivity (Wildman–Crippen MR) is 102 cm³/mol. The number of aromatic nitrogens is 1. The van der Waals surface area contributed by atoms with Gasteiger partial charge in [0.25, 0.3) is 11.1 Å². The quantitative estimate of drug-likeness (QED) is 0.471. The van der Waals surface area contributed by atoms with Gasteiger partial charge in [0.05, 0.1) is 12.1 Å². The van der Waals surface area contributed by atoms with Crippen LogP contribution in [-0.2, 0) is 14.3 Å². The molecule has 0 radical (unpaired) electrons. The molecule has 9 heteroatoms. The van der Waals surface area contributed by atoms with Crippen molar-refractivity contribution in [1.82, 2.24) is 4.98 Å². The summed E-state index contributed by atoms with van der Waals surface area (Å²) in [6.45, 7) is -0.406. The summed E-state index contributed by atoms with van der Waals surface area (Å²) in [5, 5.41) is 3.32.